The maximum Gasteiger partial charge on any atom is 0.194 e. The van der Waals surface area contributed by atoms with Crippen LogP contribution in [0.25, 0.3) is 0 Å². The first-order chi connectivity index (χ1) is 7.00. The van der Waals surface area contributed by atoms with E-state index in [0.29, 0.717) is 17.1 Å². The highest BCUT2D eigenvalue weighted by molar-refractivity contribution is 6.29. The zero-order chi connectivity index (χ0) is 11.4. The minimum Gasteiger partial charge on any atom is -0.308 e. The van der Waals surface area contributed by atoms with E-state index in [1.54, 1.807) is 0 Å². The molecular weight excluding hydrogens is 227 g/mol. The summed E-state index contributed by atoms with van der Waals surface area (Å²) in [4.78, 5) is 0. The Labute approximate surface area is 90.6 Å². The first-order valence-electron chi connectivity index (χ1n) is 4.18. The lowest BCUT2D eigenvalue weighted by Gasteiger charge is -2.04. The molecule has 0 bridgehead atoms. The maximum absolute atomic E-state index is 12.7. The lowest BCUT2D eigenvalue weighted by molar-refractivity contribution is 0.444. The molecule has 1 aromatic rings. The Bertz CT molecular complexity index is 356. The topological polar surface area (TPSA) is 12.0 Å². The summed E-state index contributed by atoms with van der Waals surface area (Å²) >= 11 is 5.47. The van der Waals surface area contributed by atoms with Crippen LogP contribution in [0.15, 0.2) is 23.7 Å². The molecular formula is C10H9ClF3N. The Kier molecular flexibility index (Phi) is 4.17. The second-order valence-electron chi connectivity index (χ2n) is 2.99. The fourth-order valence-corrected chi connectivity index (χ4v) is 1.15. The molecule has 0 aromatic heterocycles. The molecule has 82 valence electrons. The Morgan fingerprint density at radius 1 is 1.27 bits per heavy atom. The molecule has 0 heterocycles. The van der Waals surface area contributed by atoms with E-state index in [1.807, 2.05) is 0 Å². The molecule has 1 aromatic carbocycles. The lowest BCUT2D eigenvalue weighted by atomic mass is 10.2. The van der Waals surface area contributed by atoms with Gasteiger partial charge < -0.3 is 5.32 Å². The largest absolute Gasteiger partial charge is 0.308 e. The van der Waals surface area contributed by atoms with Gasteiger partial charge >= 0.3 is 0 Å². The van der Waals surface area contributed by atoms with Gasteiger partial charge in [-0.3, -0.25) is 0 Å². The van der Waals surface area contributed by atoms with E-state index >= 15 is 0 Å². The quantitative estimate of drug-likeness (QED) is 0.792. The van der Waals surface area contributed by atoms with Gasteiger partial charge in [0.25, 0.3) is 0 Å². The molecule has 1 N–H and O–H groups in total. The van der Waals surface area contributed by atoms with Gasteiger partial charge in [-0.1, -0.05) is 18.2 Å². The second-order valence-corrected chi connectivity index (χ2v) is 3.53. The summed E-state index contributed by atoms with van der Waals surface area (Å²) in [6.07, 6.45) is 0. The predicted molar refractivity (Wildman–Crippen MR) is 53.0 cm³/mol. The second kappa shape index (κ2) is 5.19. The van der Waals surface area contributed by atoms with E-state index in [9.17, 15) is 13.2 Å². The summed E-state index contributed by atoms with van der Waals surface area (Å²) < 4.78 is 38.0. The highest BCUT2D eigenvalue weighted by atomic mass is 35.5. The van der Waals surface area contributed by atoms with E-state index in [2.05, 4.69) is 11.9 Å². The Morgan fingerprint density at radius 3 is 2.27 bits per heavy atom. The monoisotopic (exact) mass is 235 g/mol. The highest BCUT2D eigenvalue weighted by Crippen LogP contribution is 2.13. The molecule has 1 nitrogen and oxygen atoms in total. The summed E-state index contributed by atoms with van der Waals surface area (Å²) in [5.41, 5.74) is 0.310. The Hall–Kier alpha value is -1.00. The zero-order valence-corrected chi connectivity index (χ0v) is 8.54. The van der Waals surface area contributed by atoms with E-state index in [1.165, 1.54) is 0 Å². The van der Waals surface area contributed by atoms with Gasteiger partial charge in [-0.05, 0) is 17.7 Å². The first kappa shape index (κ1) is 12.1. The van der Waals surface area contributed by atoms with Crippen molar-refractivity contribution >= 4 is 11.6 Å². The van der Waals surface area contributed by atoms with Gasteiger partial charge in [0.1, 0.15) is 0 Å². The minimum atomic E-state index is -1.46. The molecule has 1 rings (SSSR count). The molecule has 0 radical (unpaired) electrons. The summed E-state index contributed by atoms with van der Waals surface area (Å²) in [6.45, 7) is 3.95. The van der Waals surface area contributed by atoms with Gasteiger partial charge in [0.05, 0.1) is 0 Å². The number of hydrogen-bond acceptors (Lipinski definition) is 1. The van der Waals surface area contributed by atoms with Crippen molar-refractivity contribution in [3.63, 3.8) is 0 Å². The third kappa shape index (κ3) is 3.57. The smallest absolute Gasteiger partial charge is 0.194 e. The van der Waals surface area contributed by atoms with Gasteiger partial charge in [0.2, 0.25) is 0 Å². The van der Waals surface area contributed by atoms with Crippen molar-refractivity contribution < 1.29 is 13.2 Å². The van der Waals surface area contributed by atoms with Crippen LogP contribution in [0, 0.1) is 17.5 Å². The van der Waals surface area contributed by atoms with Gasteiger partial charge in [-0.25, -0.2) is 13.2 Å². The average molecular weight is 236 g/mol. The molecule has 0 aliphatic carbocycles. The van der Waals surface area contributed by atoms with Crippen LogP contribution in [-0.4, -0.2) is 6.54 Å². The van der Waals surface area contributed by atoms with Crippen LogP contribution in [0.5, 0.6) is 0 Å². The normalized spacial score (nSPS) is 10.4. The van der Waals surface area contributed by atoms with Crippen LogP contribution in [0.4, 0.5) is 13.2 Å². The molecule has 0 spiro atoms. The highest BCUT2D eigenvalue weighted by Gasteiger charge is 2.09. The Morgan fingerprint density at radius 2 is 1.80 bits per heavy atom. The third-order valence-electron chi connectivity index (χ3n) is 1.69. The van der Waals surface area contributed by atoms with Crippen LogP contribution >= 0.6 is 11.6 Å². The lowest BCUT2D eigenvalue weighted by Crippen LogP contribution is -2.15. The minimum absolute atomic E-state index is 0.194. The fourth-order valence-electron chi connectivity index (χ4n) is 1.05. The van der Waals surface area contributed by atoms with E-state index < -0.39 is 17.5 Å². The van der Waals surface area contributed by atoms with Crippen LogP contribution in [0.2, 0.25) is 0 Å². The Balaban J connectivity index is 2.66. The van der Waals surface area contributed by atoms with Crippen molar-refractivity contribution in [2.75, 3.05) is 6.54 Å². The van der Waals surface area contributed by atoms with Crippen molar-refractivity contribution in [1.82, 2.24) is 5.32 Å². The van der Waals surface area contributed by atoms with Crippen LogP contribution in [0.1, 0.15) is 5.56 Å². The molecule has 0 amide bonds. The summed E-state index contributed by atoms with van der Waals surface area (Å²) in [6, 6.07) is 1.87. The van der Waals surface area contributed by atoms with E-state index in [0.717, 1.165) is 12.1 Å². The predicted octanol–water partition coefficient (Wildman–Crippen LogP) is 2.95. The fraction of sp³-hybridized carbons (Fsp3) is 0.200. The summed E-state index contributed by atoms with van der Waals surface area (Å²) in [7, 11) is 0. The number of hydrogen-bond donors (Lipinski definition) is 1. The molecule has 0 fully saturated rings. The van der Waals surface area contributed by atoms with Gasteiger partial charge in [0, 0.05) is 18.1 Å². The van der Waals surface area contributed by atoms with Crippen molar-refractivity contribution in [1.29, 1.82) is 0 Å². The third-order valence-corrected chi connectivity index (χ3v) is 1.82. The number of benzene rings is 1. The van der Waals surface area contributed by atoms with E-state index in [4.69, 9.17) is 11.6 Å². The molecule has 15 heavy (non-hydrogen) atoms. The molecule has 0 aliphatic rings. The average Bonchev–Trinajstić information content (AvgIpc) is 2.13. The SMILES string of the molecule is C=C(Cl)CNCc1cc(F)c(F)c(F)c1. The van der Waals surface area contributed by atoms with Crippen molar-refractivity contribution in [2.45, 2.75) is 6.54 Å². The van der Waals surface area contributed by atoms with Crippen LogP contribution in [-0.2, 0) is 6.54 Å². The molecule has 0 aliphatic heterocycles. The van der Waals surface area contributed by atoms with Crippen LogP contribution in [0.3, 0.4) is 0 Å². The standard InChI is InChI=1S/C10H9ClF3N/c1-6(11)4-15-5-7-2-8(12)10(14)9(13)3-7/h2-3,15H,1,4-5H2. The molecule has 5 heteroatoms. The van der Waals surface area contributed by atoms with Gasteiger partial charge in [-0.15, -0.1) is 0 Å². The zero-order valence-electron chi connectivity index (χ0n) is 7.79. The molecule has 0 saturated carbocycles. The number of halogens is 4. The van der Waals surface area contributed by atoms with E-state index in [-0.39, 0.29) is 6.54 Å². The molecule has 0 saturated heterocycles. The van der Waals surface area contributed by atoms with Gasteiger partial charge in [0.15, 0.2) is 17.5 Å². The number of rotatable bonds is 4. The first-order valence-corrected chi connectivity index (χ1v) is 4.56. The maximum atomic E-state index is 12.7. The summed E-state index contributed by atoms with van der Waals surface area (Å²) in [5, 5.41) is 3.17. The van der Waals surface area contributed by atoms with Crippen LogP contribution < -0.4 is 5.32 Å². The van der Waals surface area contributed by atoms with Crippen molar-refractivity contribution in [3.05, 3.63) is 46.8 Å². The van der Waals surface area contributed by atoms with Crippen molar-refractivity contribution in [3.8, 4) is 0 Å². The summed E-state index contributed by atoms with van der Waals surface area (Å²) in [5.74, 6) is -3.85. The molecule has 0 atom stereocenters. The number of nitrogens with one attached hydrogen (secondary N) is 1. The van der Waals surface area contributed by atoms with Gasteiger partial charge in [-0.2, -0.15) is 0 Å². The molecule has 0 unspecified atom stereocenters. The van der Waals surface area contributed by atoms with Crippen molar-refractivity contribution in [2.24, 2.45) is 0 Å².